The molecule has 5 nitrogen and oxygen atoms in total. The van der Waals surface area contributed by atoms with E-state index in [0.29, 0.717) is 25.0 Å². The second-order valence-electron chi connectivity index (χ2n) is 10.1. The summed E-state index contributed by atoms with van der Waals surface area (Å²) < 4.78 is 8.44. The van der Waals surface area contributed by atoms with Crippen LogP contribution in [0.1, 0.15) is 56.7 Å². The molecule has 1 amide bonds. The Morgan fingerprint density at radius 2 is 1.71 bits per heavy atom. The highest BCUT2D eigenvalue weighted by atomic mass is 16.5. The fourth-order valence-corrected chi connectivity index (χ4v) is 5.96. The van der Waals surface area contributed by atoms with Crippen LogP contribution in [0.3, 0.4) is 0 Å². The topological polar surface area (TPSA) is 47.4 Å². The van der Waals surface area contributed by atoms with E-state index in [9.17, 15) is 4.79 Å². The summed E-state index contributed by atoms with van der Waals surface area (Å²) in [6, 6.07) is 23.4. The van der Waals surface area contributed by atoms with Crippen molar-refractivity contribution in [3.63, 3.8) is 0 Å². The maximum absolute atomic E-state index is 13.0. The van der Waals surface area contributed by atoms with Gasteiger partial charge in [-0.2, -0.15) is 0 Å². The Hall–Kier alpha value is -3.34. The molecule has 2 fully saturated rings. The number of ether oxygens (including phenoxy) is 1. The molecule has 1 unspecified atom stereocenters. The Balaban J connectivity index is 1.16. The molecule has 1 saturated heterocycles. The van der Waals surface area contributed by atoms with E-state index in [1.165, 1.54) is 30.0 Å². The summed E-state index contributed by atoms with van der Waals surface area (Å²) in [6.07, 6.45) is 7.56. The predicted octanol–water partition coefficient (Wildman–Crippen LogP) is 6.31. The molecule has 0 N–H and O–H groups in total. The van der Waals surface area contributed by atoms with Gasteiger partial charge in [0.1, 0.15) is 11.6 Å². The summed E-state index contributed by atoms with van der Waals surface area (Å²) in [5.74, 6) is 2.44. The van der Waals surface area contributed by atoms with E-state index in [0.717, 1.165) is 55.0 Å². The maximum Gasteiger partial charge on any atom is 0.223 e. The van der Waals surface area contributed by atoms with Crippen LogP contribution in [0.4, 0.5) is 0 Å². The van der Waals surface area contributed by atoms with Crippen molar-refractivity contribution in [3.05, 3.63) is 72.6 Å². The molecular formula is C30H33N3O2. The van der Waals surface area contributed by atoms with Crippen molar-refractivity contribution in [2.45, 2.75) is 63.5 Å². The average Bonchev–Trinajstić information content (AvgIpc) is 3.47. The lowest BCUT2D eigenvalue weighted by Gasteiger charge is -2.31. The van der Waals surface area contributed by atoms with E-state index in [2.05, 4.69) is 64.1 Å². The third kappa shape index (κ3) is 4.52. The average molecular weight is 468 g/mol. The zero-order chi connectivity index (χ0) is 23.6. The van der Waals surface area contributed by atoms with Crippen molar-refractivity contribution in [1.29, 1.82) is 0 Å². The predicted molar refractivity (Wildman–Crippen MR) is 140 cm³/mol. The van der Waals surface area contributed by atoms with Gasteiger partial charge in [0, 0.05) is 31.5 Å². The molecular weight excluding hydrogens is 434 g/mol. The number of nitrogens with zero attached hydrogens (tertiary/aromatic N) is 3. The minimum Gasteiger partial charge on any atom is -0.494 e. The smallest absolute Gasteiger partial charge is 0.223 e. The van der Waals surface area contributed by atoms with E-state index in [4.69, 9.17) is 9.72 Å². The second-order valence-corrected chi connectivity index (χ2v) is 10.1. The Morgan fingerprint density at radius 1 is 0.914 bits per heavy atom. The van der Waals surface area contributed by atoms with Crippen molar-refractivity contribution in [2.75, 3.05) is 13.2 Å². The van der Waals surface area contributed by atoms with Gasteiger partial charge < -0.3 is 14.2 Å². The first-order valence-corrected chi connectivity index (χ1v) is 13.1. The van der Waals surface area contributed by atoms with Crippen LogP contribution in [-0.2, 0) is 11.3 Å². The van der Waals surface area contributed by atoms with E-state index in [1.54, 1.807) is 0 Å². The zero-order valence-corrected chi connectivity index (χ0v) is 20.2. The van der Waals surface area contributed by atoms with Crippen LogP contribution >= 0.6 is 0 Å². The SMILES string of the molecule is O=C1CC(c2nc3ccccc3n2CCCOc2ccc3ccccc3c2)CN1C1CCCCC1. The lowest BCUT2D eigenvalue weighted by molar-refractivity contribution is -0.130. The van der Waals surface area contributed by atoms with Crippen molar-refractivity contribution in [1.82, 2.24) is 14.5 Å². The number of rotatable bonds is 7. The number of hydrogen-bond donors (Lipinski definition) is 0. The summed E-state index contributed by atoms with van der Waals surface area (Å²) in [5.41, 5.74) is 2.17. The highest BCUT2D eigenvalue weighted by molar-refractivity contribution is 5.83. The molecule has 35 heavy (non-hydrogen) atoms. The van der Waals surface area contributed by atoms with Gasteiger partial charge in [-0.05, 0) is 54.3 Å². The number of aromatic nitrogens is 2. The number of carbonyl (C=O) groups excluding carboxylic acids is 1. The van der Waals surface area contributed by atoms with Gasteiger partial charge in [0.15, 0.2) is 0 Å². The molecule has 0 bridgehead atoms. The fourth-order valence-electron chi connectivity index (χ4n) is 5.96. The summed E-state index contributed by atoms with van der Waals surface area (Å²) in [6.45, 7) is 2.28. The van der Waals surface area contributed by atoms with Crippen LogP contribution in [0.25, 0.3) is 21.8 Å². The molecule has 1 saturated carbocycles. The normalized spacial score (nSPS) is 19.1. The highest BCUT2D eigenvalue weighted by Gasteiger charge is 2.37. The summed E-state index contributed by atoms with van der Waals surface area (Å²) >= 11 is 0. The van der Waals surface area contributed by atoms with Crippen LogP contribution in [0.15, 0.2) is 66.7 Å². The molecule has 6 rings (SSSR count). The van der Waals surface area contributed by atoms with Gasteiger partial charge in [-0.15, -0.1) is 0 Å². The maximum atomic E-state index is 13.0. The molecule has 2 heterocycles. The van der Waals surface area contributed by atoms with E-state index in [1.807, 2.05) is 12.1 Å². The van der Waals surface area contributed by atoms with E-state index >= 15 is 0 Å². The van der Waals surface area contributed by atoms with Gasteiger partial charge in [0.05, 0.1) is 17.6 Å². The van der Waals surface area contributed by atoms with Gasteiger partial charge in [-0.25, -0.2) is 4.98 Å². The minimum absolute atomic E-state index is 0.165. The molecule has 5 heteroatoms. The van der Waals surface area contributed by atoms with Gasteiger partial charge >= 0.3 is 0 Å². The standard InChI is InChI=1S/C30H33N3O2/c34-29-20-24(21-33(29)25-11-2-1-3-12-25)30-31-27-13-6-7-14-28(27)32(30)17-8-18-35-26-16-15-22-9-4-5-10-23(22)19-26/h4-7,9-10,13-16,19,24-25H,1-3,8,11-12,17-18,20-21H2. The summed E-state index contributed by atoms with van der Waals surface area (Å²) in [4.78, 5) is 20.1. The summed E-state index contributed by atoms with van der Waals surface area (Å²) in [5, 5.41) is 2.42. The quantitative estimate of drug-likeness (QED) is 0.299. The number of fused-ring (bicyclic) bond motifs is 2. The van der Waals surface area contributed by atoms with E-state index in [-0.39, 0.29) is 5.92 Å². The molecule has 4 aromatic rings. The molecule has 2 aliphatic rings. The number of para-hydroxylation sites is 2. The lowest BCUT2D eigenvalue weighted by atomic mass is 9.94. The van der Waals surface area contributed by atoms with Crippen molar-refractivity contribution < 1.29 is 9.53 Å². The van der Waals surface area contributed by atoms with Gasteiger partial charge in [0.25, 0.3) is 0 Å². The first kappa shape index (κ1) is 22.1. The van der Waals surface area contributed by atoms with Gasteiger partial charge in [0.2, 0.25) is 5.91 Å². The summed E-state index contributed by atoms with van der Waals surface area (Å²) in [7, 11) is 0. The minimum atomic E-state index is 0.165. The monoisotopic (exact) mass is 467 g/mol. The van der Waals surface area contributed by atoms with E-state index < -0.39 is 0 Å². The molecule has 0 spiro atoms. The molecule has 1 atom stereocenters. The van der Waals surface area contributed by atoms with Crippen LogP contribution in [0.5, 0.6) is 5.75 Å². The number of benzene rings is 3. The molecule has 0 radical (unpaired) electrons. The largest absolute Gasteiger partial charge is 0.494 e. The van der Waals surface area contributed by atoms with Crippen LogP contribution in [0, 0.1) is 0 Å². The van der Waals surface area contributed by atoms with Crippen molar-refractivity contribution in [3.8, 4) is 5.75 Å². The molecule has 3 aromatic carbocycles. The molecule has 1 aliphatic heterocycles. The number of imidazole rings is 1. The van der Waals surface area contributed by atoms with Crippen molar-refractivity contribution in [2.24, 2.45) is 0 Å². The Bertz CT molecular complexity index is 1340. The lowest BCUT2D eigenvalue weighted by Crippen LogP contribution is -2.37. The number of amides is 1. The van der Waals surface area contributed by atoms with Crippen molar-refractivity contribution >= 4 is 27.7 Å². The van der Waals surface area contributed by atoms with Crippen LogP contribution in [-0.4, -0.2) is 39.6 Å². The Labute approximate surface area is 206 Å². The van der Waals surface area contributed by atoms with Crippen LogP contribution in [0.2, 0.25) is 0 Å². The zero-order valence-electron chi connectivity index (χ0n) is 20.2. The first-order valence-electron chi connectivity index (χ1n) is 13.1. The fraction of sp³-hybridized carbons (Fsp3) is 0.400. The molecule has 1 aliphatic carbocycles. The van der Waals surface area contributed by atoms with Crippen LogP contribution < -0.4 is 4.74 Å². The highest BCUT2D eigenvalue weighted by Crippen LogP contribution is 2.34. The number of carbonyl (C=O) groups is 1. The first-order chi connectivity index (χ1) is 17.3. The Morgan fingerprint density at radius 3 is 2.60 bits per heavy atom. The molecule has 180 valence electrons. The number of hydrogen-bond acceptors (Lipinski definition) is 3. The van der Waals surface area contributed by atoms with Gasteiger partial charge in [-0.1, -0.05) is 61.7 Å². The number of likely N-dealkylation sites (tertiary alicyclic amines) is 1. The number of aryl methyl sites for hydroxylation is 1. The third-order valence-electron chi connectivity index (χ3n) is 7.74. The molecule has 1 aromatic heterocycles. The Kier molecular flexibility index (Phi) is 6.15. The van der Waals surface area contributed by atoms with Gasteiger partial charge in [-0.3, -0.25) is 4.79 Å². The third-order valence-corrected chi connectivity index (χ3v) is 7.74. The second kappa shape index (κ2) is 9.73.